The van der Waals surface area contributed by atoms with Crippen molar-refractivity contribution in [1.82, 2.24) is 0 Å². The van der Waals surface area contributed by atoms with Crippen LogP contribution in [0.5, 0.6) is 0 Å². The van der Waals surface area contributed by atoms with E-state index in [0.717, 1.165) is 32.3 Å². The summed E-state index contributed by atoms with van der Waals surface area (Å²) in [6, 6.07) is 13.5. The maximum atomic E-state index is 11.8. The summed E-state index contributed by atoms with van der Waals surface area (Å²) in [4.78, 5) is 23.5. The van der Waals surface area contributed by atoms with Crippen LogP contribution in [0.2, 0.25) is 10.0 Å². The van der Waals surface area contributed by atoms with Gasteiger partial charge in [-0.25, -0.2) is 9.59 Å². The summed E-state index contributed by atoms with van der Waals surface area (Å²) in [5, 5.41) is 25.6. The first-order valence-electron chi connectivity index (χ1n) is 8.38. The minimum Gasteiger partial charge on any atom is -0.478 e. The van der Waals surface area contributed by atoms with E-state index in [1.165, 1.54) is 12.1 Å². The molecule has 28 heavy (non-hydrogen) atoms. The highest BCUT2D eigenvalue weighted by Gasteiger charge is 2.22. The van der Waals surface area contributed by atoms with E-state index >= 15 is 0 Å². The zero-order chi connectivity index (χ0) is 19.7. The van der Waals surface area contributed by atoms with E-state index in [9.17, 15) is 19.8 Å². The lowest BCUT2D eigenvalue weighted by Crippen LogP contribution is -2.01. The average Bonchev–Trinajstić information content (AvgIpc) is 2.67. The van der Waals surface area contributed by atoms with Crippen molar-refractivity contribution >= 4 is 78.2 Å². The molecule has 0 saturated heterocycles. The number of carbonyl (C=O) groups is 2. The molecule has 0 aliphatic carbocycles. The number of benzene rings is 5. The molecule has 0 bridgehead atoms. The predicted octanol–water partition coefficient (Wildman–Crippen LogP) is 6.44. The van der Waals surface area contributed by atoms with E-state index in [1.54, 1.807) is 24.3 Å². The molecule has 5 aromatic carbocycles. The third-order valence-corrected chi connectivity index (χ3v) is 5.89. The fourth-order valence-electron chi connectivity index (χ4n) is 4.16. The van der Waals surface area contributed by atoms with Crippen molar-refractivity contribution in [3.8, 4) is 0 Å². The summed E-state index contributed by atoms with van der Waals surface area (Å²) in [5.41, 5.74) is 0.253. The highest BCUT2D eigenvalue weighted by molar-refractivity contribution is 6.45. The molecule has 0 saturated carbocycles. The van der Waals surface area contributed by atoms with Gasteiger partial charge in [0.25, 0.3) is 0 Å². The van der Waals surface area contributed by atoms with Crippen molar-refractivity contribution in [3.63, 3.8) is 0 Å². The van der Waals surface area contributed by atoms with Crippen molar-refractivity contribution in [2.24, 2.45) is 0 Å². The number of fused-ring (bicyclic) bond motifs is 2. The monoisotopic (exact) mass is 408 g/mol. The molecule has 2 N–H and O–H groups in total. The molecule has 0 amide bonds. The number of aromatic carboxylic acids is 2. The van der Waals surface area contributed by atoms with Crippen molar-refractivity contribution in [2.45, 2.75) is 0 Å². The van der Waals surface area contributed by atoms with Crippen molar-refractivity contribution in [3.05, 3.63) is 69.7 Å². The van der Waals surface area contributed by atoms with Crippen molar-refractivity contribution in [1.29, 1.82) is 0 Å². The van der Waals surface area contributed by atoms with Crippen LogP contribution >= 0.6 is 23.2 Å². The second-order valence-electron chi connectivity index (χ2n) is 6.62. The molecule has 0 fully saturated rings. The minimum atomic E-state index is -1.06. The second-order valence-corrected chi connectivity index (χ2v) is 7.44. The van der Waals surface area contributed by atoms with Crippen molar-refractivity contribution in [2.75, 3.05) is 0 Å². The Balaban J connectivity index is 2.18. The van der Waals surface area contributed by atoms with Crippen LogP contribution in [0.15, 0.2) is 48.5 Å². The molecule has 0 unspecified atom stereocenters. The summed E-state index contributed by atoms with van der Waals surface area (Å²) < 4.78 is 0. The quantitative estimate of drug-likeness (QED) is 0.260. The van der Waals surface area contributed by atoms with Crippen LogP contribution in [0.4, 0.5) is 0 Å². The fraction of sp³-hybridized carbons (Fsp3) is 0. The van der Waals surface area contributed by atoms with Gasteiger partial charge in [0.1, 0.15) is 0 Å². The van der Waals surface area contributed by atoms with Crippen molar-refractivity contribution < 1.29 is 19.8 Å². The van der Waals surface area contributed by atoms with Gasteiger partial charge in [-0.05, 0) is 56.6 Å². The molecule has 6 heteroatoms. The van der Waals surface area contributed by atoms with Gasteiger partial charge in [0.2, 0.25) is 0 Å². The lowest BCUT2D eigenvalue weighted by Gasteiger charge is -2.17. The third-order valence-electron chi connectivity index (χ3n) is 5.26. The maximum absolute atomic E-state index is 11.8. The third kappa shape index (κ3) is 2.07. The Morgan fingerprint density at radius 2 is 0.857 bits per heavy atom. The van der Waals surface area contributed by atoms with Gasteiger partial charge in [-0.1, -0.05) is 47.5 Å². The SMILES string of the molecule is O=C(O)c1ccc2c3ccc(C(=O)O)c4c(Cl)ccc(c5ccc(Cl)c1c52)c43. The Kier molecular flexibility index (Phi) is 3.48. The molecule has 4 nitrogen and oxygen atoms in total. The summed E-state index contributed by atoms with van der Waals surface area (Å²) >= 11 is 12.8. The Labute approximate surface area is 167 Å². The van der Waals surface area contributed by atoms with E-state index in [1.807, 2.05) is 12.1 Å². The Bertz CT molecular complexity index is 1350. The van der Waals surface area contributed by atoms with Crippen LogP contribution in [0, 0.1) is 0 Å². The molecule has 136 valence electrons. The molecule has 0 atom stereocenters. The van der Waals surface area contributed by atoms with Gasteiger partial charge in [-0.15, -0.1) is 0 Å². The number of hydrogen-bond donors (Lipinski definition) is 2. The molecular weight excluding hydrogens is 399 g/mol. The number of carboxylic acid groups (broad SMARTS) is 2. The predicted molar refractivity (Wildman–Crippen MR) is 112 cm³/mol. The van der Waals surface area contributed by atoms with Crippen LogP contribution in [0.3, 0.4) is 0 Å². The molecule has 0 aliphatic heterocycles. The van der Waals surface area contributed by atoms with Gasteiger partial charge < -0.3 is 10.2 Å². The summed E-state index contributed by atoms with van der Waals surface area (Å²) in [7, 11) is 0. The minimum absolute atomic E-state index is 0.126. The first-order chi connectivity index (χ1) is 13.4. The van der Waals surface area contributed by atoms with Crippen LogP contribution in [0.25, 0.3) is 43.1 Å². The van der Waals surface area contributed by atoms with Gasteiger partial charge >= 0.3 is 11.9 Å². The van der Waals surface area contributed by atoms with E-state index in [2.05, 4.69) is 0 Å². The molecular formula is C22H10Cl2O4. The highest BCUT2D eigenvalue weighted by atomic mass is 35.5. The molecule has 5 rings (SSSR count). The van der Waals surface area contributed by atoms with Gasteiger partial charge in [0, 0.05) is 20.8 Å². The Morgan fingerprint density at radius 3 is 1.18 bits per heavy atom. The molecule has 0 radical (unpaired) electrons. The zero-order valence-corrected chi connectivity index (χ0v) is 15.6. The largest absolute Gasteiger partial charge is 0.478 e. The first kappa shape index (κ1) is 17.0. The van der Waals surface area contributed by atoms with Crippen LogP contribution < -0.4 is 0 Å². The Morgan fingerprint density at radius 1 is 0.536 bits per heavy atom. The van der Waals surface area contributed by atoms with Crippen LogP contribution in [-0.4, -0.2) is 22.2 Å². The Hall–Kier alpha value is -3.08. The normalized spacial score (nSPS) is 11.8. The lowest BCUT2D eigenvalue weighted by atomic mass is 9.87. The summed E-state index contributed by atoms with van der Waals surface area (Å²) in [5.74, 6) is -2.11. The number of hydrogen-bond acceptors (Lipinski definition) is 2. The standard InChI is InChI=1S/C22H10Cl2O4/c23-15-7-5-11-12-6-8-16(24)20-14(22(27)28)4-2-10(18(12)20)9-1-3-13(21(25)26)19(15)17(9)11/h1-8H,(H,25,26)(H,27,28). The van der Waals surface area contributed by atoms with Gasteiger partial charge in [-0.3, -0.25) is 0 Å². The van der Waals surface area contributed by atoms with Crippen LogP contribution in [0.1, 0.15) is 20.7 Å². The second kappa shape index (κ2) is 5.71. The summed E-state index contributed by atoms with van der Waals surface area (Å²) in [6.45, 7) is 0. The number of carboxylic acids is 2. The van der Waals surface area contributed by atoms with E-state index in [-0.39, 0.29) is 11.1 Å². The number of rotatable bonds is 2. The topological polar surface area (TPSA) is 74.6 Å². The molecule has 5 aromatic rings. The first-order valence-corrected chi connectivity index (χ1v) is 9.13. The molecule has 0 spiro atoms. The molecule has 0 aliphatic rings. The maximum Gasteiger partial charge on any atom is 0.336 e. The smallest absolute Gasteiger partial charge is 0.336 e. The summed E-state index contributed by atoms with van der Waals surface area (Å²) in [6.07, 6.45) is 0. The highest BCUT2D eigenvalue weighted by Crippen LogP contribution is 2.45. The molecule has 0 aromatic heterocycles. The van der Waals surface area contributed by atoms with Crippen LogP contribution in [-0.2, 0) is 0 Å². The lowest BCUT2D eigenvalue weighted by molar-refractivity contribution is 0.0688. The average molecular weight is 409 g/mol. The van der Waals surface area contributed by atoms with E-state index < -0.39 is 11.9 Å². The van der Waals surface area contributed by atoms with E-state index in [0.29, 0.717) is 20.8 Å². The molecule has 0 heterocycles. The van der Waals surface area contributed by atoms with E-state index in [4.69, 9.17) is 23.2 Å². The van der Waals surface area contributed by atoms with Gasteiger partial charge in [-0.2, -0.15) is 0 Å². The van der Waals surface area contributed by atoms with Gasteiger partial charge in [0.15, 0.2) is 0 Å². The fourth-order valence-corrected chi connectivity index (χ4v) is 4.68. The van der Waals surface area contributed by atoms with Gasteiger partial charge in [0.05, 0.1) is 11.1 Å². The number of halogens is 2. The zero-order valence-electron chi connectivity index (χ0n) is 14.1.